The first-order valence-electron chi connectivity index (χ1n) is 6.43. The minimum absolute atomic E-state index is 0.00406. The van der Waals surface area contributed by atoms with Gasteiger partial charge in [-0.1, -0.05) is 27.7 Å². The Labute approximate surface area is 122 Å². The zero-order valence-corrected chi connectivity index (χ0v) is 13.7. The van der Waals surface area contributed by atoms with Crippen LogP contribution in [0.3, 0.4) is 0 Å². The molecule has 19 heavy (non-hydrogen) atoms. The van der Waals surface area contributed by atoms with E-state index < -0.39 is 0 Å². The molecule has 104 valence electrons. The van der Waals surface area contributed by atoms with E-state index in [1.54, 1.807) is 11.3 Å². The molecule has 0 bridgehead atoms. The molecule has 4 nitrogen and oxygen atoms in total. The van der Waals surface area contributed by atoms with Gasteiger partial charge in [0.15, 0.2) is 0 Å². The highest BCUT2D eigenvalue weighted by Gasteiger charge is 2.21. The molecule has 2 heterocycles. The minimum Gasteiger partial charge on any atom is -0.351 e. The maximum Gasteiger partial charge on any atom is 0.203 e. The summed E-state index contributed by atoms with van der Waals surface area (Å²) in [6.07, 6.45) is 0.984. The Kier molecular flexibility index (Phi) is 4.20. The molecule has 0 aliphatic carbocycles. The molecule has 0 spiro atoms. The van der Waals surface area contributed by atoms with Crippen LogP contribution in [0, 0.1) is 6.92 Å². The first-order chi connectivity index (χ1) is 8.90. The van der Waals surface area contributed by atoms with E-state index in [1.165, 1.54) is 11.5 Å². The van der Waals surface area contributed by atoms with E-state index in [0.717, 1.165) is 28.1 Å². The van der Waals surface area contributed by atoms with E-state index in [-0.39, 0.29) is 11.5 Å². The van der Waals surface area contributed by atoms with Crippen molar-refractivity contribution in [1.29, 1.82) is 0 Å². The standard InChI is InChI=1S/C13H20N4S2/c1-6-9(10-14-8(2)7-18-10)15-12-16-11(17-19-12)13(3,4)5/h7,9H,6H2,1-5H3,(H,15,16,17). The summed E-state index contributed by atoms with van der Waals surface area (Å²) in [5.41, 5.74) is 1.07. The number of hydrogen-bond acceptors (Lipinski definition) is 6. The maximum absolute atomic E-state index is 4.57. The van der Waals surface area contributed by atoms with Crippen LogP contribution in [0.1, 0.15) is 56.7 Å². The molecule has 0 radical (unpaired) electrons. The molecule has 1 N–H and O–H groups in total. The topological polar surface area (TPSA) is 50.7 Å². The summed E-state index contributed by atoms with van der Waals surface area (Å²) in [6.45, 7) is 10.6. The summed E-state index contributed by atoms with van der Waals surface area (Å²) in [4.78, 5) is 9.12. The van der Waals surface area contributed by atoms with Crippen LogP contribution in [0.25, 0.3) is 0 Å². The van der Waals surface area contributed by atoms with Crippen LogP contribution in [-0.4, -0.2) is 14.3 Å². The number of aryl methyl sites for hydroxylation is 1. The van der Waals surface area contributed by atoms with E-state index in [0.29, 0.717) is 0 Å². The first-order valence-corrected chi connectivity index (χ1v) is 8.08. The van der Waals surface area contributed by atoms with E-state index in [4.69, 9.17) is 0 Å². The molecular formula is C13H20N4S2. The fourth-order valence-electron chi connectivity index (χ4n) is 1.61. The number of anilines is 1. The predicted octanol–water partition coefficient (Wildman–Crippen LogP) is 4.16. The molecule has 0 aromatic carbocycles. The molecule has 2 rings (SSSR count). The number of thiazole rings is 1. The predicted molar refractivity (Wildman–Crippen MR) is 82.1 cm³/mol. The van der Waals surface area contributed by atoms with Crippen LogP contribution in [0.2, 0.25) is 0 Å². The van der Waals surface area contributed by atoms with Crippen molar-refractivity contribution >= 4 is 28.0 Å². The van der Waals surface area contributed by atoms with Crippen molar-refractivity contribution in [2.24, 2.45) is 0 Å². The lowest BCUT2D eigenvalue weighted by atomic mass is 9.96. The summed E-state index contributed by atoms with van der Waals surface area (Å²) in [5.74, 6) is 0.894. The Balaban J connectivity index is 2.13. The zero-order valence-electron chi connectivity index (χ0n) is 12.0. The van der Waals surface area contributed by atoms with Crippen molar-refractivity contribution in [2.45, 2.75) is 52.5 Å². The fraction of sp³-hybridized carbons (Fsp3) is 0.615. The van der Waals surface area contributed by atoms with Gasteiger partial charge in [0.05, 0.1) is 6.04 Å². The highest BCUT2D eigenvalue weighted by atomic mass is 32.1. The van der Waals surface area contributed by atoms with Gasteiger partial charge in [-0.3, -0.25) is 0 Å². The van der Waals surface area contributed by atoms with Gasteiger partial charge in [-0.2, -0.15) is 4.37 Å². The largest absolute Gasteiger partial charge is 0.351 e. The average molecular weight is 296 g/mol. The van der Waals surface area contributed by atoms with Crippen molar-refractivity contribution < 1.29 is 0 Å². The highest BCUT2D eigenvalue weighted by molar-refractivity contribution is 7.10. The van der Waals surface area contributed by atoms with Gasteiger partial charge >= 0.3 is 0 Å². The molecule has 0 amide bonds. The molecule has 0 fully saturated rings. The van der Waals surface area contributed by atoms with Crippen molar-refractivity contribution in [3.05, 3.63) is 21.9 Å². The van der Waals surface area contributed by atoms with Gasteiger partial charge in [0.25, 0.3) is 0 Å². The minimum atomic E-state index is -0.00406. The summed E-state index contributed by atoms with van der Waals surface area (Å²) >= 11 is 3.12. The number of rotatable bonds is 4. The van der Waals surface area contributed by atoms with Crippen LogP contribution in [-0.2, 0) is 5.41 Å². The van der Waals surface area contributed by atoms with Crippen molar-refractivity contribution in [1.82, 2.24) is 14.3 Å². The Morgan fingerprint density at radius 1 is 1.32 bits per heavy atom. The molecule has 2 aromatic rings. The number of nitrogens with zero attached hydrogens (tertiary/aromatic N) is 3. The molecule has 0 saturated carbocycles. The van der Waals surface area contributed by atoms with Crippen LogP contribution in [0.5, 0.6) is 0 Å². The second kappa shape index (κ2) is 5.54. The van der Waals surface area contributed by atoms with Gasteiger partial charge in [0.2, 0.25) is 5.13 Å². The smallest absolute Gasteiger partial charge is 0.203 e. The molecular weight excluding hydrogens is 276 g/mol. The van der Waals surface area contributed by atoms with Gasteiger partial charge in [0, 0.05) is 28.0 Å². The molecule has 1 atom stereocenters. The second-order valence-corrected chi connectivity index (χ2v) is 7.25. The number of nitrogens with one attached hydrogen (secondary N) is 1. The summed E-state index contributed by atoms with van der Waals surface area (Å²) in [5, 5.41) is 7.52. The lowest BCUT2D eigenvalue weighted by Crippen LogP contribution is -2.14. The molecule has 0 saturated heterocycles. The average Bonchev–Trinajstić information content (AvgIpc) is 2.94. The highest BCUT2D eigenvalue weighted by Crippen LogP contribution is 2.28. The van der Waals surface area contributed by atoms with E-state index in [2.05, 4.69) is 52.7 Å². The van der Waals surface area contributed by atoms with Gasteiger partial charge < -0.3 is 5.32 Å². The monoisotopic (exact) mass is 296 g/mol. The summed E-state index contributed by atoms with van der Waals surface area (Å²) < 4.78 is 4.42. The van der Waals surface area contributed by atoms with E-state index in [1.807, 2.05) is 6.92 Å². The zero-order chi connectivity index (χ0) is 14.0. The van der Waals surface area contributed by atoms with Crippen LogP contribution in [0.4, 0.5) is 5.13 Å². The molecule has 0 aliphatic rings. The Morgan fingerprint density at radius 2 is 2.05 bits per heavy atom. The molecule has 2 aromatic heterocycles. The molecule has 0 aliphatic heterocycles. The van der Waals surface area contributed by atoms with Gasteiger partial charge in [-0.15, -0.1) is 11.3 Å². The number of aromatic nitrogens is 3. The second-order valence-electron chi connectivity index (χ2n) is 5.61. The van der Waals surface area contributed by atoms with Crippen LogP contribution in [0.15, 0.2) is 5.38 Å². The summed E-state index contributed by atoms with van der Waals surface area (Å²) in [6, 6.07) is 0.222. The van der Waals surface area contributed by atoms with Gasteiger partial charge in [-0.05, 0) is 13.3 Å². The van der Waals surface area contributed by atoms with Gasteiger partial charge in [0.1, 0.15) is 10.8 Å². The Morgan fingerprint density at radius 3 is 2.53 bits per heavy atom. The van der Waals surface area contributed by atoms with Crippen molar-refractivity contribution in [2.75, 3.05) is 5.32 Å². The lowest BCUT2D eigenvalue weighted by Gasteiger charge is -2.14. The quantitative estimate of drug-likeness (QED) is 0.920. The third-order valence-electron chi connectivity index (χ3n) is 2.74. The Hall–Kier alpha value is -1.01. The molecule has 6 heteroatoms. The van der Waals surface area contributed by atoms with E-state index >= 15 is 0 Å². The number of hydrogen-bond donors (Lipinski definition) is 1. The normalized spacial score (nSPS) is 13.5. The lowest BCUT2D eigenvalue weighted by molar-refractivity contribution is 0.554. The SMILES string of the molecule is CCC(Nc1nc(C(C)(C)C)ns1)c1nc(C)cs1. The summed E-state index contributed by atoms with van der Waals surface area (Å²) in [7, 11) is 0. The van der Waals surface area contributed by atoms with Crippen LogP contribution < -0.4 is 5.32 Å². The van der Waals surface area contributed by atoms with Crippen molar-refractivity contribution in [3.63, 3.8) is 0 Å². The fourth-order valence-corrected chi connectivity index (χ4v) is 3.35. The van der Waals surface area contributed by atoms with E-state index in [9.17, 15) is 0 Å². The third-order valence-corrected chi connectivity index (χ3v) is 4.46. The van der Waals surface area contributed by atoms with Gasteiger partial charge in [-0.25, -0.2) is 9.97 Å². The van der Waals surface area contributed by atoms with Crippen LogP contribution >= 0.6 is 22.9 Å². The third kappa shape index (κ3) is 3.51. The Bertz CT molecular complexity index is 539. The van der Waals surface area contributed by atoms with Crippen molar-refractivity contribution in [3.8, 4) is 0 Å². The molecule has 1 unspecified atom stereocenters. The first kappa shape index (κ1) is 14.4. The maximum atomic E-state index is 4.57.